The van der Waals surface area contributed by atoms with E-state index >= 15 is 0 Å². The molecular weight excluding hydrogens is 294 g/mol. The molecule has 1 heterocycles. The molecule has 124 valence electrons. The summed E-state index contributed by atoms with van der Waals surface area (Å²) in [7, 11) is 0. The number of carbonyl (C=O) groups is 2. The molecule has 0 bridgehead atoms. The van der Waals surface area contributed by atoms with Gasteiger partial charge in [-0.25, -0.2) is 0 Å². The summed E-state index contributed by atoms with van der Waals surface area (Å²) >= 11 is 0. The van der Waals surface area contributed by atoms with Crippen LogP contribution in [0.25, 0.3) is 0 Å². The molecule has 0 spiro atoms. The second-order valence-corrected chi connectivity index (χ2v) is 6.30. The Bertz CT molecular complexity index is 578. The molecule has 1 aliphatic carbocycles. The average Bonchev–Trinajstić information content (AvgIpc) is 3.38. The van der Waals surface area contributed by atoms with Gasteiger partial charge in [0.15, 0.2) is 0 Å². The van der Waals surface area contributed by atoms with Gasteiger partial charge in [-0.1, -0.05) is 6.07 Å². The molecule has 1 saturated carbocycles. The van der Waals surface area contributed by atoms with E-state index in [1.165, 1.54) is 18.9 Å². The Kier molecular flexibility index (Phi) is 4.81. The van der Waals surface area contributed by atoms with Gasteiger partial charge in [-0.3, -0.25) is 9.59 Å². The predicted molar refractivity (Wildman–Crippen MR) is 86.2 cm³/mol. The Hall–Kier alpha value is -2.08. The van der Waals surface area contributed by atoms with E-state index in [1.807, 2.05) is 4.90 Å². The van der Waals surface area contributed by atoms with Gasteiger partial charge in [0, 0.05) is 31.7 Å². The lowest BCUT2D eigenvalue weighted by Crippen LogP contribution is -2.52. The molecule has 0 atom stereocenters. The first-order chi connectivity index (χ1) is 11.1. The van der Waals surface area contributed by atoms with Gasteiger partial charge in [0.25, 0.3) is 5.91 Å². The minimum absolute atomic E-state index is 0.0893. The Morgan fingerprint density at radius 3 is 2.48 bits per heavy atom. The summed E-state index contributed by atoms with van der Waals surface area (Å²) in [6, 6.07) is 6.37. The van der Waals surface area contributed by atoms with Gasteiger partial charge in [0.2, 0.25) is 5.91 Å². The van der Waals surface area contributed by atoms with Crippen molar-refractivity contribution in [3.8, 4) is 5.75 Å². The lowest BCUT2D eigenvalue weighted by Gasteiger charge is -2.35. The number of nitrogens with zero attached hydrogens (tertiary/aromatic N) is 2. The van der Waals surface area contributed by atoms with Crippen LogP contribution in [0.5, 0.6) is 5.75 Å². The number of piperazine rings is 1. The summed E-state index contributed by atoms with van der Waals surface area (Å²) in [6.07, 6.45) is 2.55. The van der Waals surface area contributed by atoms with Crippen molar-refractivity contribution in [3.63, 3.8) is 0 Å². The Labute approximate surface area is 136 Å². The summed E-state index contributed by atoms with van der Waals surface area (Å²) in [5.41, 5.74) is 0.482. The highest BCUT2D eigenvalue weighted by atomic mass is 16.3. The molecule has 2 aliphatic rings. The average molecular weight is 317 g/mol. The van der Waals surface area contributed by atoms with Crippen LogP contribution >= 0.6 is 0 Å². The first-order valence-corrected chi connectivity index (χ1v) is 8.20. The van der Waals surface area contributed by atoms with Gasteiger partial charge in [0.1, 0.15) is 5.75 Å². The Morgan fingerprint density at radius 1 is 1.13 bits per heavy atom. The number of aromatic hydroxyl groups is 1. The molecule has 1 aromatic carbocycles. The lowest BCUT2D eigenvalue weighted by molar-refractivity contribution is -0.131. The molecular formula is C17H23N3O3. The van der Waals surface area contributed by atoms with E-state index in [0.717, 1.165) is 12.5 Å². The number of hydrogen-bond acceptors (Lipinski definition) is 4. The third-order valence-corrected chi connectivity index (χ3v) is 4.42. The molecule has 6 heteroatoms. The zero-order chi connectivity index (χ0) is 16.2. The molecule has 1 saturated heterocycles. The second-order valence-electron chi connectivity index (χ2n) is 6.30. The van der Waals surface area contributed by atoms with E-state index in [4.69, 9.17) is 0 Å². The highest BCUT2D eigenvalue weighted by molar-refractivity contribution is 5.94. The summed E-state index contributed by atoms with van der Waals surface area (Å²) in [5.74, 6) is 0.862. The number of rotatable bonds is 5. The number of amides is 2. The van der Waals surface area contributed by atoms with Crippen LogP contribution in [-0.4, -0.2) is 66.0 Å². The van der Waals surface area contributed by atoms with Crippen LogP contribution in [0.4, 0.5) is 0 Å². The van der Waals surface area contributed by atoms with Crippen LogP contribution in [0.3, 0.4) is 0 Å². The summed E-state index contributed by atoms with van der Waals surface area (Å²) < 4.78 is 0. The molecule has 6 nitrogen and oxygen atoms in total. The normalized spacial score (nSPS) is 18.1. The highest BCUT2D eigenvalue weighted by Crippen LogP contribution is 2.27. The van der Waals surface area contributed by atoms with Crippen LogP contribution in [0.15, 0.2) is 24.3 Å². The van der Waals surface area contributed by atoms with Gasteiger partial charge in [-0.2, -0.15) is 0 Å². The van der Waals surface area contributed by atoms with Crippen molar-refractivity contribution >= 4 is 11.8 Å². The molecule has 3 rings (SSSR count). The fraction of sp³-hybridized carbons (Fsp3) is 0.529. The standard InChI is InChI=1S/C17H23N3O3/c21-15-3-1-2-14(10-15)17(23)20-8-6-19(7-9-20)16(22)12-18-11-13-4-5-13/h1-3,10,13,18,21H,4-9,11-12H2. The molecule has 2 fully saturated rings. The maximum Gasteiger partial charge on any atom is 0.254 e. The number of hydrogen-bond donors (Lipinski definition) is 2. The third-order valence-electron chi connectivity index (χ3n) is 4.42. The number of phenols is 1. The molecule has 0 unspecified atom stereocenters. The monoisotopic (exact) mass is 317 g/mol. The third kappa shape index (κ3) is 4.22. The summed E-state index contributed by atoms with van der Waals surface area (Å²) in [4.78, 5) is 28.0. The maximum absolute atomic E-state index is 12.4. The van der Waals surface area contributed by atoms with Crippen molar-refractivity contribution in [1.82, 2.24) is 15.1 Å². The van der Waals surface area contributed by atoms with Crippen LogP contribution in [-0.2, 0) is 4.79 Å². The van der Waals surface area contributed by atoms with E-state index in [9.17, 15) is 14.7 Å². The number of nitrogens with one attached hydrogen (secondary N) is 1. The van der Waals surface area contributed by atoms with Gasteiger partial charge in [0.05, 0.1) is 6.54 Å². The van der Waals surface area contributed by atoms with E-state index in [1.54, 1.807) is 23.1 Å². The molecule has 2 N–H and O–H groups in total. The van der Waals surface area contributed by atoms with Crippen molar-refractivity contribution in [2.75, 3.05) is 39.3 Å². The van der Waals surface area contributed by atoms with Crippen molar-refractivity contribution in [2.45, 2.75) is 12.8 Å². The zero-order valence-corrected chi connectivity index (χ0v) is 13.2. The lowest BCUT2D eigenvalue weighted by atomic mass is 10.1. The highest BCUT2D eigenvalue weighted by Gasteiger charge is 2.25. The molecule has 0 radical (unpaired) electrons. The van der Waals surface area contributed by atoms with E-state index < -0.39 is 0 Å². The number of benzene rings is 1. The van der Waals surface area contributed by atoms with E-state index in [2.05, 4.69) is 5.32 Å². The minimum atomic E-state index is -0.0974. The molecule has 0 aromatic heterocycles. The molecule has 2 amide bonds. The van der Waals surface area contributed by atoms with E-state index in [-0.39, 0.29) is 17.6 Å². The van der Waals surface area contributed by atoms with Crippen LogP contribution in [0.1, 0.15) is 23.2 Å². The van der Waals surface area contributed by atoms with Crippen molar-refractivity contribution in [1.29, 1.82) is 0 Å². The fourth-order valence-corrected chi connectivity index (χ4v) is 2.80. The first-order valence-electron chi connectivity index (χ1n) is 8.20. The Morgan fingerprint density at radius 2 is 1.83 bits per heavy atom. The van der Waals surface area contributed by atoms with Crippen LogP contribution in [0.2, 0.25) is 0 Å². The fourth-order valence-electron chi connectivity index (χ4n) is 2.80. The largest absolute Gasteiger partial charge is 0.508 e. The number of carbonyl (C=O) groups excluding carboxylic acids is 2. The van der Waals surface area contributed by atoms with Gasteiger partial charge in [-0.05, 0) is 43.5 Å². The smallest absolute Gasteiger partial charge is 0.254 e. The SMILES string of the molecule is O=C(CNCC1CC1)N1CCN(C(=O)c2cccc(O)c2)CC1. The topological polar surface area (TPSA) is 72.9 Å². The quantitative estimate of drug-likeness (QED) is 0.837. The van der Waals surface area contributed by atoms with Gasteiger partial charge < -0.3 is 20.2 Å². The van der Waals surface area contributed by atoms with Gasteiger partial charge >= 0.3 is 0 Å². The minimum Gasteiger partial charge on any atom is -0.508 e. The second kappa shape index (κ2) is 7.00. The van der Waals surface area contributed by atoms with Crippen molar-refractivity contribution in [2.24, 2.45) is 5.92 Å². The van der Waals surface area contributed by atoms with Crippen LogP contribution in [0, 0.1) is 5.92 Å². The maximum atomic E-state index is 12.4. The Balaban J connectivity index is 1.45. The van der Waals surface area contributed by atoms with Crippen molar-refractivity contribution < 1.29 is 14.7 Å². The van der Waals surface area contributed by atoms with Crippen molar-refractivity contribution in [3.05, 3.63) is 29.8 Å². The predicted octanol–water partition coefficient (Wildman–Crippen LogP) is 0.676. The van der Waals surface area contributed by atoms with Crippen LogP contribution < -0.4 is 5.32 Å². The van der Waals surface area contributed by atoms with E-state index in [0.29, 0.717) is 38.3 Å². The summed E-state index contributed by atoms with van der Waals surface area (Å²) in [6.45, 7) is 3.51. The molecule has 1 aromatic rings. The van der Waals surface area contributed by atoms with Gasteiger partial charge in [-0.15, -0.1) is 0 Å². The zero-order valence-electron chi connectivity index (χ0n) is 13.2. The number of phenolic OH excluding ortho intramolecular Hbond substituents is 1. The molecule has 23 heavy (non-hydrogen) atoms. The first kappa shape index (κ1) is 15.8. The molecule has 1 aliphatic heterocycles. The summed E-state index contributed by atoms with van der Waals surface area (Å²) in [5, 5.41) is 12.7.